The zero-order valence-electron chi connectivity index (χ0n) is 17.3. The normalized spacial score (nSPS) is 14.5. The zero-order valence-corrected chi connectivity index (χ0v) is 17.3. The standard InChI is InChI=1S/C21H26N6O3/c1-23-19-18(20(29)24(2)21(23)30)27(15-22-19)10-6-9-17(28)26-13-11-25(12-14-26)16-7-4-3-5-8-16/h3-5,7-8,15H,6,9-14H2,1-2H3. The van der Waals surface area contributed by atoms with E-state index in [1.165, 1.54) is 17.3 Å². The van der Waals surface area contributed by atoms with E-state index in [-0.39, 0.29) is 11.5 Å². The van der Waals surface area contributed by atoms with Gasteiger partial charge in [-0.1, -0.05) is 18.2 Å². The maximum absolute atomic E-state index is 12.6. The highest BCUT2D eigenvalue weighted by Crippen LogP contribution is 2.16. The number of nitrogens with zero attached hydrogens (tertiary/aromatic N) is 6. The van der Waals surface area contributed by atoms with Crippen LogP contribution in [0.25, 0.3) is 11.2 Å². The molecule has 1 amide bonds. The largest absolute Gasteiger partial charge is 0.368 e. The first-order valence-electron chi connectivity index (χ1n) is 10.2. The van der Waals surface area contributed by atoms with Crippen LogP contribution in [-0.4, -0.2) is 55.7 Å². The number of anilines is 1. The van der Waals surface area contributed by atoms with Gasteiger partial charge in [-0.25, -0.2) is 9.78 Å². The predicted octanol–water partition coefficient (Wildman–Crippen LogP) is 0.563. The molecule has 30 heavy (non-hydrogen) atoms. The molecule has 0 spiro atoms. The number of hydrogen-bond donors (Lipinski definition) is 0. The molecule has 2 aromatic heterocycles. The number of carbonyl (C=O) groups excluding carboxylic acids is 1. The van der Waals surface area contributed by atoms with Gasteiger partial charge in [-0.05, 0) is 18.6 Å². The van der Waals surface area contributed by atoms with Gasteiger partial charge < -0.3 is 14.4 Å². The van der Waals surface area contributed by atoms with Crippen LogP contribution < -0.4 is 16.1 Å². The minimum atomic E-state index is -0.400. The zero-order chi connectivity index (χ0) is 21.3. The van der Waals surface area contributed by atoms with E-state index in [1.54, 1.807) is 17.9 Å². The van der Waals surface area contributed by atoms with Gasteiger partial charge in [0, 0.05) is 58.9 Å². The molecule has 4 rings (SSSR count). The molecule has 0 radical (unpaired) electrons. The van der Waals surface area contributed by atoms with Gasteiger partial charge in [0.1, 0.15) is 0 Å². The molecule has 0 N–H and O–H groups in total. The summed E-state index contributed by atoms with van der Waals surface area (Å²) in [6, 6.07) is 10.2. The molecule has 0 atom stereocenters. The van der Waals surface area contributed by atoms with Crippen molar-refractivity contribution < 1.29 is 4.79 Å². The van der Waals surface area contributed by atoms with E-state index in [9.17, 15) is 14.4 Å². The van der Waals surface area contributed by atoms with E-state index in [4.69, 9.17) is 0 Å². The Labute approximate surface area is 173 Å². The fraction of sp³-hybridized carbons (Fsp3) is 0.429. The Morgan fingerprint density at radius 2 is 1.70 bits per heavy atom. The van der Waals surface area contributed by atoms with Gasteiger partial charge in [-0.2, -0.15) is 0 Å². The summed E-state index contributed by atoms with van der Waals surface area (Å²) in [5.41, 5.74) is 1.18. The third-order valence-electron chi connectivity index (χ3n) is 5.76. The predicted molar refractivity (Wildman–Crippen MR) is 115 cm³/mol. The average Bonchev–Trinajstić information content (AvgIpc) is 3.21. The molecule has 1 saturated heterocycles. The number of aryl methyl sites for hydroxylation is 2. The molecular weight excluding hydrogens is 384 g/mol. The number of hydrogen-bond acceptors (Lipinski definition) is 5. The molecule has 1 fully saturated rings. The van der Waals surface area contributed by atoms with Crippen molar-refractivity contribution in [3.8, 4) is 0 Å². The summed E-state index contributed by atoms with van der Waals surface area (Å²) in [6.07, 6.45) is 2.58. The number of rotatable bonds is 5. The molecule has 1 aliphatic rings. The number of imidazole rings is 1. The Kier molecular flexibility index (Phi) is 5.43. The van der Waals surface area contributed by atoms with Crippen LogP contribution in [0.3, 0.4) is 0 Å². The van der Waals surface area contributed by atoms with E-state index in [2.05, 4.69) is 22.0 Å². The maximum atomic E-state index is 12.6. The number of fused-ring (bicyclic) bond motifs is 1. The highest BCUT2D eigenvalue weighted by atomic mass is 16.2. The second-order valence-electron chi connectivity index (χ2n) is 7.62. The molecule has 0 unspecified atom stereocenters. The van der Waals surface area contributed by atoms with Crippen molar-refractivity contribution in [2.75, 3.05) is 31.1 Å². The third-order valence-corrected chi connectivity index (χ3v) is 5.76. The highest BCUT2D eigenvalue weighted by Gasteiger charge is 2.21. The van der Waals surface area contributed by atoms with Crippen LogP contribution in [0.1, 0.15) is 12.8 Å². The molecule has 3 heterocycles. The SMILES string of the molecule is Cn1c(=O)c2c(ncn2CCCC(=O)N2CCN(c3ccccc3)CC2)n(C)c1=O. The second kappa shape index (κ2) is 8.17. The lowest BCUT2D eigenvalue weighted by Gasteiger charge is -2.36. The monoisotopic (exact) mass is 410 g/mol. The topological polar surface area (TPSA) is 85.4 Å². The van der Waals surface area contributed by atoms with Crippen molar-refractivity contribution in [3.05, 3.63) is 57.5 Å². The minimum absolute atomic E-state index is 0.132. The number of aromatic nitrogens is 4. The quantitative estimate of drug-likeness (QED) is 0.614. The summed E-state index contributed by atoms with van der Waals surface area (Å²) >= 11 is 0. The van der Waals surface area contributed by atoms with E-state index in [0.717, 1.165) is 17.7 Å². The van der Waals surface area contributed by atoms with Gasteiger partial charge in [-0.15, -0.1) is 0 Å². The Balaban J connectivity index is 1.35. The smallest absolute Gasteiger partial charge is 0.332 e. The Bertz CT molecular complexity index is 1170. The van der Waals surface area contributed by atoms with E-state index < -0.39 is 5.69 Å². The number of benzene rings is 1. The number of carbonyl (C=O) groups is 1. The minimum Gasteiger partial charge on any atom is -0.368 e. The molecule has 158 valence electrons. The summed E-state index contributed by atoms with van der Waals surface area (Å²) in [5, 5.41) is 0. The molecule has 9 heteroatoms. The first kappa shape index (κ1) is 19.9. The van der Waals surface area contributed by atoms with E-state index >= 15 is 0 Å². The van der Waals surface area contributed by atoms with E-state index in [0.29, 0.717) is 43.6 Å². The van der Waals surface area contributed by atoms with Crippen LogP contribution >= 0.6 is 0 Å². The molecule has 9 nitrogen and oxygen atoms in total. The van der Waals surface area contributed by atoms with Crippen molar-refractivity contribution in [1.82, 2.24) is 23.6 Å². The van der Waals surface area contributed by atoms with Crippen LogP contribution in [-0.2, 0) is 25.4 Å². The molecular formula is C21H26N6O3. The highest BCUT2D eigenvalue weighted by molar-refractivity contribution is 5.76. The lowest BCUT2D eigenvalue weighted by Crippen LogP contribution is -2.48. The average molecular weight is 410 g/mol. The third kappa shape index (κ3) is 3.62. The number of piperazine rings is 1. The molecule has 0 bridgehead atoms. The van der Waals surface area contributed by atoms with Crippen molar-refractivity contribution >= 4 is 22.8 Å². The first-order valence-corrected chi connectivity index (χ1v) is 10.2. The van der Waals surface area contributed by atoms with Crippen LogP contribution in [0.4, 0.5) is 5.69 Å². The van der Waals surface area contributed by atoms with Gasteiger partial charge in [-0.3, -0.25) is 18.7 Å². The van der Waals surface area contributed by atoms with Gasteiger partial charge in [0.15, 0.2) is 11.2 Å². The van der Waals surface area contributed by atoms with Crippen LogP contribution in [0.2, 0.25) is 0 Å². The van der Waals surface area contributed by atoms with Gasteiger partial charge in [0.2, 0.25) is 5.91 Å². The fourth-order valence-electron chi connectivity index (χ4n) is 3.98. The van der Waals surface area contributed by atoms with Crippen LogP contribution in [0.5, 0.6) is 0 Å². The lowest BCUT2D eigenvalue weighted by molar-refractivity contribution is -0.131. The first-order chi connectivity index (χ1) is 14.5. The fourth-order valence-corrected chi connectivity index (χ4v) is 3.98. The Hall–Kier alpha value is -3.36. The summed E-state index contributed by atoms with van der Waals surface area (Å²) in [7, 11) is 3.06. The maximum Gasteiger partial charge on any atom is 0.332 e. The van der Waals surface area contributed by atoms with Gasteiger partial charge >= 0.3 is 5.69 Å². The number of amides is 1. The molecule has 0 aliphatic carbocycles. The second-order valence-corrected chi connectivity index (χ2v) is 7.62. The Morgan fingerprint density at radius 1 is 1.00 bits per heavy atom. The summed E-state index contributed by atoms with van der Waals surface area (Å²) < 4.78 is 4.18. The van der Waals surface area contributed by atoms with Crippen molar-refractivity contribution in [2.24, 2.45) is 14.1 Å². The Morgan fingerprint density at radius 3 is 2.40 bits per heavy atom. The summed E-state index contributed by atoms with van der Waals surface area (Å²) in [5.74, 6) is 0.132. The van der Waals surface area contributed by atoms with Crippen molar-refractivity contribution in [2.45, 2.75) is 19.4 Å². The molecule has 1 aromatic carbocycles. The van der Waals surface area contributed by atoms with Gasteiger partial charge in [0.25, 0.3) is 5.56 Å². The molecule has 0 saturated carbocycles. The van der Waals surface area contributed by atoms with Crippen LogP contribution in [0, 0.1) is 0 Å². The summed E-state index contributed by atoms with van der Waals surface area (Å²) in [6.45, 7) is 3.58. The lowest BCUT2D eigenvalue weighted by atomic mass is 10.2. The molecule has 3 aromatic rings. The van der Waals surface area contributed by atoms with Crippen LogP contribution in [0.15, 0.2) is 46.2 Å². The van der Waals surface area contributed by atoms with Crippen molar-refractivity contribution in [3.63, 3.8) is 0 Å². The number of para-hydroxylation sites is 1. The molecule has 1 aliphatic heterocycles. The van der Waals surface area contributed by atoms with Crippen molar-refractivity contribution in [1.29, 1.82) is 0 Å². The van der Waals surface area contributed by atoms with Gasteiger partial charge in [0.05, 0.1) is 6.33 Å². The van der Waals surface area contributed by atoms with E-state index in [1.807, 2.05) is 23.1 Å². The summed E-state index contributed by atoms with van der Waals surface area (Å²) in [4.78, 5) is 45.6.